The topological polar surface area (TPSA) is 108 Å². The van der Waals surface area contributed by atoms with E-state index in [0.29, 0.717) is 11.3 Å². The smallest absolute Gasteiger partial charge is 0.337 e. The molecule has 0 unspecified atom stereocenters. The van der Waals surface area contributed by atoms with Gasteiger partial charge in [-0.1, -0.05) is 32.4 Å². The zero-order valence-electron chi connectivity index (χ0n) is 16.6. The third-order valence-corrected chi connectivity index (χ3v) is 4.32. The predicted octanol–water partition coefficient (Wildman–Crippen LogP) is 3.71. The van der Waals surface area contributed by atoms with E-state index in [-0.39, 0.29) is 16.5 Å². The van der Waals surface area contributed by atoms with Gasteiger partial charge in [0.15, 0.2) is 5.78 Å². The van der Waals surface area contributed by atoms with Crippen LogP contribution >= 0.6 is 11.6 Å². The molecule has 0 aliphatic carbocycles. The second kappa shape index (κ2) is 8.96. The molecule has 0 fully saturated rings. The molecule has 3 N–H and O–H groups in total. The van der Waals surface area contributed by atoms with Crippen molar-refractivity contribution in [3.8, 4) is 5.75 Å². The van der Waals surface area contributed by atoms with E-state index in [1.807, 2.05) is 0 Å². The second-order valence-electron chi connectivity index (χ2n) is 7.36. The third kappa shape index (κ3) is 5.71. The molecule has 0 heterocycles. The lowest BCUT2D eigenvalue weighted by molar-refractivity contribution is -0.140. The molecule has 0 radical (unpaired) electrons. The molecule has 0 aromatic heterocycles. The van der Waals surface area contributed by atoms with Crippen molar-refractivity contribution in [3.05, 3.63) is 53.1 Å². The molecule has 154 valence electrons. The van der Waals surface area contributed by atoms with Crippen molar-refractivity contribution >= 4 is 40.6 Å². The van der Waals surface area contributed by atoms with Crippen molar-refractivity contribution in [2.75, 3.05) is 18.2 Å². The number of amides is 1. The van der Waals surface area contributed by atoms with E-state index >= 15 is 0 Å². The number of ketones is 1. The Morgan fingerprint density at radius 2 is 1.69 bits per heavy atom. The number of anilines is 2. The van der Waals surface area contributed by atoms with Crippen molar-refractivity contribution in [2.24, 2.45) is 5.41 Å². The molecule has 0 aliphatic heterocycles. The minimum atomic E-state index is -1.43. The number of nitrogens with two attached hydrogens (primary N) is 1. The van der Waals surface area contributed by atoms with Crippen LogP contribution in [0.3, 0.4) is 0 Å². The van der Waals surface area contributed by atoms with Crippen LogP contribution < -0.4 is 15.8 Å². The molecule has 7 nitrogen and oxygen atoms in total. The van der Waals surface area contributed by atoms with Gasteiger partial charge >= 0.3 is 5.97 Å². The van der Waals surface area contributed by atoms with Gasteiger partial charge in [0.2, 0.25) is 6.10 Å². The molecule has 0 saturated heterocycles. The van der Waals surface area contributed by atoms with Crippen LogP contribution in [0.5, 0.6) is 5.75 Å². The number of carbonyl (C=O) groups is 3. The first kappa shape index (κ1) is 22.2. The molecule has 1 atom stereocenters. The first-order chi connectivity index (χ1) is 13.5. The lowest BCUT2D eigenvalue weighted by Crippen LogP contribution is -2.45. The zero-order valence-corrected chi connectivity index (χ0v) is 17.4. The SMILES string of the molecule is COC(=O)c1ccc(O[C@H](C(=O)Nc2cc(N)ccc2Cl)C(=O)C(C)(C)C)cc1. The number of benzene rings is 2. The molecule has 0 spiro atoms. The molecule has 1 amide bonds. The van der Waals surface area contributed by atoms with Gasteiger partial charge in [-0.2, -0.15) is 0 Å². The fraction of sp³-hybridized carbons (Fsp3) is 0.286. The summed E-state index contributed by atoms with van der Waals surface area (Å²) < 4.78 is 10.3. The molecule has 0 aliphatic rings. The summed E-state index contributed by atoms with van der Waals surface area (Å²) in [5.74, 6) is -1.37. The molecular weight excluding hydrogens is 396 g/mol. The summed E-state index contributed by atoms with van der Waals surface area (Å²) in [6, 6.07) is 10.5. The van der Waals surface area contributed by atoms with E-state index in [2.05, 4.69) is 10.1 Å². The predicted molar refractivity (Wildman–Crippen MR) is 111 cm³/mol. The van der Waals surface area contributed by atoms with E-state index in [1.165, 1.54) is 37.4 Å². The van der Waals surface area contributed by atoms with Crippen LogP contribution in [0.25, 0.3) is 0 Å². The van der Waals surface area contributed by atoms with Crippen molar-refractivity contribution < 1.29 is 23.9 Å². The maximum absolute atomic E-state index is 12.9. The number of ether oxygens (including phenoxy) is 2. The Kier molecular flexibility index (Phi) is 6.87. The summed E-state index contributed by atoms with van der Waals surface area (Å²) in [7, 11) is 1.27. The molecule has 29 heavy (non-hydrogen) atoms. The number of rotatable bonds is 6. The van der Waals surface area contributed by atoms with Gasteiger partial charge < -0.3 is 20.5 Å². The Morgan fingerprint density at radius 3 is 2.24 bits per heavy atom. The first-order valence-electron chi connectivity index (χ1n) is 8.78. The largest absolute Gasteiger partial charge is 0.473 e. The van der Waals surface area contributed by atoms with Gasteiger partial charge in [-0.15, -0.1) is 0 Å². The lowest BCUT2D eigenvalue weighted by atomic mass is 9.87. The quantitative estimate of drug-likeness (QED) is 0.420. The fourth-order valence-electron chi connectivity index (χ4n) is 2.38. The van der Waals surface area contributed by atoms with Crippen LogP contribution in [0.1, 0.15) is 31.1 Å². The van der Waals surface area contributed by atoms with Crippen molar-refractivity contribution in [1.82, 2.24) is 0 Å². The fourth-order valence-corrected chi connectivity index (χ4v) is 2.54. The van der Waals surface area contributed by atoms with E-state index < -0.39 is 29.2 Å². The Bertz CT molecular complexity index is 920. The molecule has 8 heteroatoms. The summed E-state index contributed by atoms with van der Waals surface area (Å²) >= 11 is 6.10. The molecule has 2 aromatic carbocycles. The highest BCUT2D eigenvalue weighted by molar-refractivity contribution is 6.34. The molecular formula is C21H23ClN2O5. The number of halogens is 1. The summed E-state index contributed by atoms with van der Waals surface area (Å²) in [6.45, 7) is 5.06. The van der Waals surface area contributed by atoms with Crippen LogP contribution in [0.4, 0.5) is 11.4 Å². The van der Waals surface area contributed by atoms with E-state index in [1.54, 1.807) is 32.9 Å². The highest BCUT2D eigenvalue weighted by Gasteiger charge is 2.37. The van der Waals surface area contributed by atoms with Crippen LogP contribution in [0.15, 0.2) is 42.5 Å². The van der Waals surface area contributed by atoms with Crippen molar-refractivity contribution in [3.63, 3.8) is 0 Å². The molecule has 0 saturated carbocycles. The van der Waals surface area contributed by atoms with Gasteiger partial charge in [-0.25, -0.2) is 4.79 Å². The van der Waals surface area contributed by atoms with Crippen LogP contribution in [-0.4, -0.2) is 30.9 Å². The average molecular weight is 419 g/mol. The Labute approximate surface area is 174 Å². The van der Waals surface area contributed by atoms with E-state index in [9.17, 15) is 14.4 Å². The standard InChI is InChI=1S/C21H23ClN2O5/c1-21(2,3)18(25)17(19(26)24-16-11-13(23)7-10-15(16)22)29-14-8-5-12(6-9-14)20(27)28-4/h5-11,17H,23H2,1-4H3,(H,24,26)/t17-/m0/s1. The van der Waals surface area contributed by atoms with Gasteiger partial charge in [0.1, 0.15) is 5.75 Å². The monoisotopic (exact) mass is 418 g/mol. The average Bonchev–Trinajstić information content (AvgIpc) is 2.67. The minimum Gasteiger partial charge on any atom is -0.473 e. The Balaban J connectivity index is 2.29. The minimum absolute atomic E-state index is 0.245. The van der Waals surface area contributed by atoms with Gasteiger partial charge in [0.05, 0.1) is 23.4 Å². The molecule has 2 aromatic rings. The van der Waals surface area contributed by atoms with Gasteiger partial charge in [-0.05, 0) is 42.5 Å². The summed E-state index contributed by atoms with van der Waals surface area (Å²) in [4.78, 5) is 37.3. The van der Waals surface area contributed by atoms with E-state index in [0.717, 1.165) is 0 Å². The molecule has 0 bridgehead atoms. The third-order valence-electron chi connectivity index (χ3n) is 3.99. The summed E-state index contributed by atoms with van der Waals surface area (Å²) in [5, 5.41) is 2.87. The Morgan fingerprint density at radius 1 is 1.07 bits per heavy atom. The first-order valence-corrected chi connectivity index (χ1v) is 9.16. The van der Waals surface area contributed by atoms with Crippen LogP contribution in [-0.2, 0) is 14.3 Å². The van der Waals surface area contributed by atoms with Crippen molar-refractivity contribution in [1.29, 1.82) is 0 Å². The number of nitrogens with one attached hydrogen (secondary N) is 1. The number of esters is 1. The maximum Gasteiger partial charge on any atom is 0.337 e. The number of hydrogen-bond donors (Lipinski definition) is 2. The number of hydrogen-bond acceptors (Lipinski definition) is 6. The normalized spacial score (nSPS) is 12.0. The number of carbonyl (C=O) groups excluding carboxylic acids is 3. The molecule has 2 rings (SSSR count). The van der Waals surface area contributed by atoms with Gasteiger partial charge in [0, 0.05) is 11.1 Å². The Hall–Kier alpha value is -3.06. The van der Waals surface area contributed by atoms with Gasteiger partial charge in [-0.3, -0.25) is 9.59 Å². The van der Waals surface area contributed by atoms with E-state index in [4.69, 9.17) is 22.1 Å². The van der Waals surface area contributed by atoms with Crippen LogP contribution in [0.2, 0.25) is 5.02 Å². The highest BCUT2D eigenvalue weighted by Crippen LogP contribution is 2.26. The number of methoxy groups -OCH3 is 1. The zero-order chi connectivity index (χ0) is 21.8. The van der Waals surface area contributed by atoms with Gasteiger partial charge in [0.25, 0.3) is 5.91 Å². The summed E-state index contributed by atoms with van der Waals surface area (Å²) in [6.07, 6.45) is -1.43. The number of Topliss-reactive ketones (excluding diaryl/α,β-unsaturated/α-hetero) is 1. The maximum atomic E-state index is 12.9. The van der Waals surface area contributed by atoms with Crippen LogP contribution in [0, 0.1) is 5.41 Å². The lowest BCUT2D eigenvalue weighted by Gasteiger charge is -2.25. The van der Waals surface area contributed by atoms with Crippen molar-refractivity contribution in [2.45, 2.75) is 26.9 Å². The second-order valence-corrected chi connectivity index (χ2v) is 7.76. The summed E-state index contributed by atoms with van der Waals surface area (Å²) in [5.41, 5.74) is 5.89. The number of nitrogen functional groups attached to an aromatic ring is 1. The highest BCUT2D eigenvalue weighted by atomic mass is 35.5.